The standard InChI is InChI=1S/C3H8N.Nb/c1-2-3-4;/h4H,2-3H2,1H3;/q-1;+1. The molecule has 0 spiro atoms. The maximum absolute atomic E-state index is 3.07. The van der Waals surface area contributed by atoms with E-state index in [0.29, 0.717) is 0 Å². The van der Waals surface area contributed by atoms with Gasteiger partial charge in [-0.25, -0.2) is 0 Å². The van der Waals surface area contributed by atoms with E-state index in [4.69, 9.17) is 0 Å². The summed E-state index contributed by atoms with van der Waals surface area (Å²) in [5, 5.41) is 0. The monoisotopic (exact) mass is 151 g/mol. The molecule has 1 nitrogen and oxygen atoms in total. The predicted octanol–water partition coefficient (Wildman–Crippen LogP) is 0.448. The summed E-state index contributed by atoms with van der Waals surface area (Å²) in [6.07, 6.45) is 1.25. The van der Waals surface area contributed by atoms with E-state index in [1.807, 2.05) is 0 Å². The van der Waals surface area contributed by atoms with Gasteiger partial charge in [-0.15, -0.1) is 0 Å². The van der Waals surface area contributed by atoms with Crippen molar-refractivity contribution < 1.29 is 21.3 Å². The maximum atomic E-state index is 3.07. The van der Waals surface area contributed by atoms with Crippen molar-refractivity contribution in [3.05, 3.63) is 0 Å². The van der Waals surface area contributed by atoms with Crippen LogP contribution in [0.1, 0.15) is 13.3 Å². The third-order valence-electron chi connectivity index (χ3n) is 0.362. The van der Waals surface area contributed by atoms with E-state index >= 15 is 0 Å². The van der Waals surface area contributed by atoms with Gasteiger partial charge >= 0.3 is 44.9 Å². The molecule has 0 fully saturated rings. The van der Waals surface area contributed by atoms with Gasteiger partial charge in [0.2, 0.25) is 0 Å². The second-order valence-corrected chi connectivity index (χ2v) is 1.69. The molecular weight excluding hydrogens is 143 g/mol. The van der Waals surface area contributed by atoms with Crippen molar-refractivity contribution in [1.82, 2.24) is 3.72 Å². The topological polar surface area (TPSA) is 12.0 Å². The van der Waals surface area contributed by atoms with E-state index < -0.39 is 0 Å². The summed E-state index contributed by atoms with van der Waals surface area (Å²) in [5.74, 6) is 0. The van der Waals surface area contributed by atoms with Crippen molar-refractivity contribution in [2.45, 2.75) is 13.3 Å². The summed E-state index contributed by atoms with van der Waals surface area (Å²) in [4.78, 5) is 0. The van der Waals surface area contributed by atoms with Crippen molar-refractivity contribution in [3.8, 4) is 0 Å². The molecule has 5 heavy (non-hydrogen) atoms. The zero-order valence-electron chi connectivity index (χ0n) is 3.36. The molecule has 0 saturated carbocycles. The average molecular weight is 151 g/mol. The van der Waals surface area contributed by atoms with Gasteiger partial charge in [0.15, 0.2) is 0 Å². The van der Waals surface area contributed by atoms with Gasteiger partial charge in [0.25, 0.3) is 0 Å². The van der Waals surface area contributed by atoms with Crippen molar-refractivity contribution in [3.63, 3.8) is 0 Å². The molecule has 0 aromatic carbocycles. The minimum absolute atomic E-state index is 1.16. The van der Waals surface area contributed by atoms with Gasteiger partial charge in [-0.05, 0) is 0 Å². The van der Waals surface area contributed by atoms with Crippen molar-refractivity contribution in [2.24, 2.45) is 0 Å². The molecule has 0 bridgehead atoms. The summed E-state index contributed by atoms with van der Waals surface area (Å²) in [7, 11) is 0. The second-order valence-electron chi connectivity index (χ2n) is 0.908. The average Bonchev–Trinajstić information content (AvgIpc) is 1.41. The van der Waals surface area contributed by atoms with Crippen LogP contribution in [-0.2, 0) is 21.3 Å². The Balaban J connectivity index is 2.19. The number of nitrogens with one attached hydrogen (secondary N) is 1. The summed E-state index contributed by atoms with van der Waals surface area (Å²) < 4.78 is 3.07. The van der Waals surface area contributed by atoms with Gasteiger partial charge in [-0.1, -0.05) is 0 Å². The molecule has 0 aliphatic rings. The van der Waals surface area contributed by atoms with Crippen LogP contribution in [0.3, 0.4) is 0 Å². The fourth-order valence-electron chi connectivity index (χ4n) is 0.112. The molecule has 1 N–H and O–H groups in total. The fraction of sp³-hybridized carbons (Fsp3) is 1.00. The Kier molecular flexibility index (Phi) is 5.36. The van der Waals surface area contributed by atoms with Crippen LogP contribution < -0.4 is 3.72 Å². The molecule has 0 aliphatic heterocycles. The van der Waals surface area contributed by atoms with Gasteiger partial charge in [0, 0.05) is 0 Å². The minimum atomic E-state index is 1.16. The number of hydrogen-bond acceptors (Lipinski definition) is 1. The van der Waals surface area contributed by atoms with Crippen LogP contribution in [-0.4, -0.2) is 6.54 Å². The molecule has 2 heteroatoms. The first-order chi connectivity index (χ1) is 2.41. The Hall–Kier alpha value is 0.700. The van der Waals surface area contributed by atoms with E-state index in [9.17, 15) is 0 Å². The van der Waals surface area contributed by atoms with Crippen LogP contribution in [0.15, 0.2) is 0 Å². The Morgan fingerprint density at radius 1 is 1.80 bits per heavy atom. The van der Waals surface area contributed by atoms with E-state index in [1.54, 1.807) is 21.3 Å². The van der Waals surface area contributed by atoms with Gasteiger partial charge in [-0.2, -0.15) is 0 Å². The zero-order valence-corrected chi connectivity index (χ0v) is 5.56. The Labute approximate surface area is 45.4 Å². The van der Waals surface area contributed by atoms with E-state index in [0.717, 1.165) is 6.54 Å². The van der Waals surface area contributed by atoms with Crippen molar-refractivity contribution in [2.75, 3.05) is 6.54 Å². The van der Waals surface area contributed by atoms with Crippen LogP contribution >= 0.6 is 0 Å². The molecule has 0 atom stereocenters. The van der Waals surface area contributed by atoms with Crippen LogP contribution in [0.25, 0.3) is 0 Å². The molecule has 0 aromatic rings. The van der Waals surface area contributed by atoms with Crippen LogP contribution in [0, 0.1) is 0 Å². The van der Waals surface area contributed by atoms with Crippen molar-refractivity contribution in [1.29, 1.82) is 0 Å². The van der Waals surface area contributed by atoms with Crippen LogP contribution in [0.5, 0.6) is 0 Å². The Bertz CT molecular complexity index is 14.4. The molecule has 0 aromatic heterocycles. The summed E-state index contributed by atoms with van der Waals surface area (Å²) in [5.41, 5.74) is 0. The first-order valence-electron chi connectivity index (χ1n) is 1.78. The molecule has 0 amide bonds. The first kappa shape index (κ1) is 5.70. The van der Waals surface area contributed by atoms with E-state index in [1.165, 1.54) is 6.42 Å². The predicted molar refractivity (Wildman–Crippen MR) is 18.3 cm³/mol. The molecule has 30 valence electrons. The van der Waals surface area contributed by atoms with Crippen molar-refractivity contribution >= 4 is 0 Å². The first-order valence-corrected chi connectivity index (χ1v) is 2.88. The van der Waals surface area contributed by atoms with Gasteiger partial charge in [0.1, 0.15) is 0 Å². The summed E-state index contributed by atoms with van der Waals surface area (Å²) in [6.45, 7) is 3.32. The quantitative estimate of drug-likeness (QED) is 0.565. The molecule has 0 heterocycles. The van der Waals surface area contributed by atoms with E-state index in [2.05, 4.69) is 10.6 Å². The normalized spacial score (nSPS) is 8.20. The molecule has 0 saturated heterocycles. The van der Waals surface area contributed by atoms with E-state index in [-0.39, 0.29) is 0 Å². The van der Waals surface area contributed by atoms with Gasteiger partial charge < -0.3 is 0 Å². The third kappa shape index (κ3) is 4.70. The second kappa shape index (κ2) is 4.70. The molecule has 0 unspecified atom stereocenters. The third-order valence-corrected chi connectivity index (χ3v) is 0.911. The van der Waals surface area contributed by atoms with Gasteiger partial charge in [0.05, 0.1) is 0 Å². The summed E-state index contributed by atoms with van der Waals surface area (Å²) >= 11 is 1.67. The number of rotatable bonds is 2. The molecule has 0 radical (unpaired) electrons. The molecular formula is C3H8NNb. The van der Waals surface area contributed by atoms with Gasteiger partial charge in [-0.3, -0.25) is 0 Å². The Morgan fingerprint density at radius 2 is 2.40 bits per heavy atom. The molecule has 0 aliphatic carbocycles. The Morgan fingerprint density at radius 3 is 2.40 bits per heavy atom. The van der Waals surface area contributed by atoms with Crippen LogP contribution in [0.2, 0.25) is 0 Å². The number of hydrogen-bond donors (Lipinski definition) is 1. The molecule has 0 rings (SSSR count). The summed E-state index contributed by atoms with van der Waals surface area (Å²) in [6, 6.07) is 0. The fourth-order valence-corrected chi connectivity index (χ4v) is 0.661. The zero-order chi connectivity index (χ0) is 4.12. The van der Waals surface area contributed by atoms with Crippen LogP contribution in [0.4, 0.5) is 0 Å². The SMILES string of the molecule is CCC[NH][Nb].